The Balaban J connectivity index is 1.90. The SMILES string of the molecule is CC(C)(SCC1CCOCC1)C(=O)Nc1cc(C(C)(C)CO)on1. The molecule has 136 valence electrons. The van der Waals surface area contributed by atoms with Gasteiger partial charge in [-0.25, -0.2) is 0 Å². The Hall–Kier alpha value is -1.05. The van der Waals surface area contributed by atoms with Gasteiger partial charge in [-0.15, -0.1) is 11.8 Å². The van der Waals surface area contributed by atoms with Crippen molar-refractivity contribution >= 4 is 23.5 Å². The minimum absolute atomic E-state index is 0.0535. The molecule has 0 aromatic carbocycles. The molecule has 0 bridgehead atoms. The highest BCUT2D eigenvalue weighted by Gasteiger charge is 2.31. The van der Waals surface area contributed by atoms with Crippen molar-refractivity contribution in [3.05, 3.63) is 11.8 Å². The summed E-state index contributed by atoms with van der Waals surface area (Å²) < 4.78 is 10.1. The molecule has 0 radical (unpaired) electrons. The number of aliphatic hydroxyl groups excluding tert-OH is 1. The molecule has 1 fully saturated rings. The van der Waals surface area contributed by atoms with Crippen molar-refractivity contribution in [1.82, 2.24) is 5.16 Å². The van der Waals surface area contributed by atoms with Crippen molar-refractivity contribution in [3.63, 3.8) is 0 Å². The molecular formula is C17H28N2O4S. The van der Waals surface area contributed by atoms with Gasteiger partial charge in [-0.1, -0.05) is 19.0 Å². The van der Waals surface area contributed by atoms with Crippen LogP contribution in [0, 0.1) is 5.92 Å². The molecule has 2 rings (SSSR count). The van der Waals surface area contributed by atoms with E-state index in [0.717, 1.165) is 31.8 Å². The fraction of sp³-hybridized carbons (Fsp3) is 0.765. The van der Waals surface area contributed by atoms with Crippen LogP contribution < -0.4 is 5.32 Å². The number of hydrogen-bond acceptors (Lipinski definition) is 6. The summed E-state index contributed by atoms with van der Waals surface area (Å²) in [7, 11) is 0. The van der Waals surface area contributed by atoms with Crippen LogP contribution in [-0.2, 0) is 14.9 Å². The Morgan fingerprint density at radius 3 is 2.67 bits per heavy atom. The van der Waals surface area contributed by atoms with Gasteiger partial charge in [0.25, 0.3) is 0 Å². The number of ether oxygens (including phenoxy) is 1. The van der Waals surface area contributed by atoms with Gasteiger partial charge >= 0.3 is 0 Å². The average molecular weight is 356 g/mol. The molecular weight excluding hydrogens is 328 g/mol. The van der Waals surface area contributed by atoms with Crippen molar-refractivity contribution < 1.29 is 19.2 Å². The van der Waals surface area contributed by atoms with Crippen LogP contribution in [0.3, 0.4) is 0 Å². The molecule has 0 saturated carbocycles. The first-order valence-electron chi connectivity index (χ1n) is 8.36. The highest BCUT2D eigenvalue weighted by Crippen LogP contribution is 2.31. The van der Waals surface area contributed by atoms with Gasteiger partial charge in [0.15, 0.2) is 5.82 Å². The van der Waals surface area contributed by atoms with E-state index < -0.39 is 10.2 Å². The maximum atomic E-state index is 12.5. The zero-order valence-electron chi connectivity index (χ0n) is 14.9. The van der Waals surface area contributed by atoms with E-state index in [2.05, 4.69) is 10.5 Å². The van der Waals surface area contributed by atoms with E-state index >= 15 is 0 Å². The smallest absolute Gasteiger partial charge is 0.241 e. The molecule has 1 aliphatic rings. The molecule has 7 heteroatoms. The molecule has 1 aliphatic heterocycles. The van der Waals surface area contributed by atoms with E-state index in [1.165, 1.54) is 0 Å². The van der Waals surface area contributed by atoms with Crippen LogP contribution in [0.5, 0.6) is 0 Å². The van der Waals surface area contributed by atoms with Crippen LogP contribution in [0.2, 0.25) is 0 Å². The Morgan fingerprint density at radius 1 is 1.38 bits per heavy atom. The number of nitrogens with one attached hydrogen (secondary N) is 1. The standard InChI is InChI=1S/C17H28N2O4S/c1-16(2,11-20)13-9-14(19-23-13)18-15(21)17(3,4)24-10-12-5-7-22-8-6-12/h9,12,20H,5-8,10-11H2,1-4H3,(H,18,19,21). The highest BCUT2D eigenvalue weighted by molar-refractivity contribution is 8.01. The van der Waals surface area contributed by atoms with Crippen LogP contribution in [0.4, 0.5) is 5.82 Å². The third-order valence-electron chi connectivity index (χ3n) is 4.38. The van der Waals surface area contributed by atoms with Crippen molar-refractivity contribution in [1.29, 1.82) is 0 Å². The van der Waals surface area contributed by atoms with Gasteiger partial charge in [0.05, 0.1) is 11.4 Å². The summed E-state index contributed by atoms with van der Waals surface area (Å²) in [6, 6.07) is 1.67. The molecule has 0 spiro atoms. The number of aliphatic hydroxyl groups is 1. The fourth-order valence-corrected chi connectivity index (χ4v) is 3.47. The first kappa shape index (κ1) is 19.3. The minimum Gasteiger partial charge on any atom is -0.395 e. The summed E-state index contributed by atoms with van der Waals surface area (Å²) in [5.74, 6) is 2.40. The van der Waals surface area contributed by atoms with E-state index in [1.807, 2.05) is 27.7 Å². The monoisotopic (exact) mass is 356 g/mol. The number of hydrogen-bond donors (Lipinski definition) is 2. The lowest BCUT2D eigenvalue weighted by molar-refractivity contribution is -0.117. The Kier molecular flexibility index (Phi) is 6.33. The van der Waals surface area contributed by atoms with Gasteiger partial charge in [0.1, 0.15) is 5.76 Å². The predicted molar refractivity (Wildman–Crippen MR) is 95.3 cm³/mol. The minimum atomic E-state index is -0.552. The summed E-state index contributed by atoms with van der Waals surface area (Å²) >= 11 is 1.66. The first-order chi connectivity index (χ1) is 11.2. The van der Waals surface area contributed by atoms with Gasteiger partial charge in [0, 0.05) is 24.7 Å². The lowest BCUT2D eigenvalue weighted by Gasteiger charge is -2.27. The number of anilines is 1. The second-order valence-electron chi connectivity index (χ2n) is 7.45. The number of aromatic nitrogens is 1. The molecule has 0 atom stereocenters. The van der Waals surface area contributed by atoms with Crippen LogP contribution in [0.15, 0.2) is 10.6 Å². The average Bonchev–Trinajstić information content (AvgIpc) is 3.03. The largest absolute Gasteiger partial charge is 0.395 e. The molecule has 1 amide bonds. The maximum Gasteiger partial charge on any atom is 0.241 e. The van der Waals surface area contributed by atoms with Crippen molar-refractivity contribution in [2.24, 2.45) is 5.92 Å². The summed E-state index contributed by atoms with van der Waals surface area (Å²) in [6.45, 7) is 9.14. The Morgan fingerprint density at radius 2 is 2.04 bits per heavy atom. The van der Waals surface area contributed by atoms with E-state index in [9.17, 15) is 9.90 Å². The number of nitrogens with zero attached hydrogens (tertiary/aromatic N) is 1. The van der Waals surface area contributed by atoms with E-state index in [-0.39, 0.29) is 12.5 Å². The zero-order valence-corrected chi connectivity index (χ0v) is 15.7. The van der Waals surface area contributed by atoms with Crippen LogP contribution in [0.25, 0.3) is 0 Å². The third kappa shape index (κ3) is 4.97. The molecule has 2 heterocycles. The van der Waals surface area contributed by atoms with Gasteiger partial charge in [-0.3, -0.25) is 4.79 Å². The summed E-state index contributed by atoms with van der Waals surface area (Å²) in [4.78, 5) is 12.5. The summed E-state index contributed by atoms with van der Waals surface area (Å²) in [5.41, 5.74) is -0.525. The van der Waals surface area contributed by atoms with E-state index in [1.54, 1.807) is 17.8 Å². The molecule has 2 N–H and O–H groups in total. The molecule has 24 heavy (non-hydrogen) atoms. The Labute approximate surface area is 147 Å². The normalized spacial score (nSPS) is 17.0. The second kappa shape index (κ2) is 7.89. The molecule has 1 aromatic heterocycles. The van der Waals surface area contributed by atoms with Gasteiger partial charge < -0.3 is 19.7 Å². The topological polar surface area (TPSA) is 84.6 Å². The predicted octanol–water partition coefficient (Wildman–Crippen LogP) is 2.82. The van der Waals surface area contributed by atoms with Crippen molar-refractivity contribution in [3.8, 4) is 0 Å². The molecule has 0 aliphatic carbocycles. The van der Waals surface area contributed by atoms with Crippen LogP contribution in [-0.4, -0.2) is 46.5 Å². The van der Waals surface area contributed by atoms with Crippen LogP contribution >= 0.6 is 11.8 Å². The quantitative estimate of drug-likeness (QED) is 0.781. The lowest BCUT2D eigenvalue weighted by Crippen LogP contribution is -2.35. The number of carbonyl (C=O) groups excluding carboxylic acids is 1. The first-order valence-corrected chi connectivity index (χ1v) is 9.34. The maximum absolute atomic E-state index is 12.5. The van der Waals surface area contributed by atoms with Gasteiger partial charge in [-0.2, -0.15) is 0 Å². The number of rotatable bonds is 7. The number of thioether (sulfide) groups is 1. The van der Waals surface area contributed by atoms with Gasteiger partial charge in [0.2, 0.25) is 5.91 Å². The van der Waals surface area contributed by atoms with Gasteiger partial charge in [-0.05, 0) is 38.4 Å². The Bertz CT molecular complexity index is 551. The van der Waals surface area contributed by atoms with E-state index in [0.29, 0.717) is 17.5 Å². The molecule has 1 aromatic rings. The summed E-state index contributed by atoms with van der Waals surface area (Å²) in [6.07, 6.45) is 2.13. The summed E-state index contributed by atoms with van der Waals surface area (Å²) in [5, 5.41) is 16.1. The molecule has 1 saturated heterocycles. The zero-order chi connectivity index (χ0) is 17.8. The molecule has 6 nitrogen and oxygen atoms in total. The van der Waals surface area contributed by atoms with E-state index in [4.69, 9.17) is 9.26 Å². The highest BCUT2D eigenvalue weighted by atomic mass is 32.2. The van der Waals surface area contributed by atoms with Crippen molar-refractivity contribution in [2.45, 2.75) is 50.7 Å². The number of amides is 1. The second-order valence-corrected chi connectivity index (χ2v) is 9.09. The van der Waals surface area contributed by atoms with Crippen molar-refractivity contribution in [2.75, 3.05) is 30.9 Å². The van der Waals surface area contributed by atoms with Crippen LogP contribution in [0.1, 0.15) is 46.3 Å². The number of carbonyl (C=O) groups is 1. The fourth-order valence-electron chi connectivity index (χ4n) is 2.30. The molecule has 0 unspecified atom stereocenters. The third-order valence-corrected chi connectivity index (χ3v) is 5.93. The lowest BCUT2D eigenvalue weighted by atomic mass is 9.92.